The Kier molecular flexibility index (Phi) is 5.20. The van der Waals surface area contributed by atoms with E-state index < -0.39 is 12.7 Å². The van der Waals surface area contributed by atoms with Crippen molar-refractivity contribution < 1.29 is 13.2 Å². The number of hydrogen-bond donors (Lipinski definition) is 1. The maximum atomic E-state index is 12.2. The highest BCUT2D eigenvalue weighted by molar-refractivity contribution is 7.13. The topological polar surface area (TPSA) is 28.2 Å². The van der Waals surface area contributed by atoms with Crippen LogP contribution in [0.1, 0.15) is 19.0 Å². The van der Waals surface area contributed by atoms with Gasteiger partial charge in [-0.25, -0.2) is 4.98 Å². The summed E-state index contributed by atoms with van der Waals surface area (Å²) in [5, 5.41) is 5.34. The minimum atomic E-state index is -4.19. The number of nitrogens with zero attached hydrogens (tertiary/aromatic N) is 2. The second-order valence-electron chi connectivity index (χ2n) is 3.77. The van der Waals surface area contributed by atoms with E-state index in [0.29, 0.717) is 11.7 Å². The van der Waals surface area contributed by atoms with Gasteiger partial charge in [0.2, 0.25) is 0 Å². The first-order valence-corrected chi connectivity index (χ1v) is 6.23. The van der Waals surface area contributed by atoms with E-state index in [1.807, 2.05) is 0 Å². The molecule has 0 aliphatic carbocycles. The fourth-order valence-corrected chi connectivity index (χ4v) is 2.07. The van der Waals surface area contributed by atoms with Crippen molar-refractivity contribution in [1.82, 2.24) is 10.3 Å². The van der Waals surface area contributed by atoms with Gasteiger partial charge in [-0.3, -0.25) is 0 Å². The molecule has 3 nitrogen and oxygen atoms in total. The van der Waals surface area contributed by atoms with E-state index in [1.54, 1.807) is 5.38 Å². The van der Waals surface area contributed by atoms with Gasteiger partial charge in [-0.15, -0.1) is 11.3 Å². The molecule has 0 fully saturated rings. The van der Waals surface area contributed by atoms with Crippen LogP contribution in [0.3, 0.4) is 0 Å². The van der Waals surface area contributed by atoms with Crippen molar-refractivity contribution in [3.05, 3.63) is 11.1 Å². The Morgan fingerprint density at radius 1 is 1.47 bits per heavy atom. The highest BCUT2D eigenvalue weighted by atomic mass is 32.1. The van der Waals surface area contributed by atoms with Gasteiger partial charge in [0.15, 0.2) is 5.13 Å². The molecule has 0 spiro atoms. The number of rotatable bonds is 6. The smallest absolute Gasteiger partial charge is 0.342 e. The molecular formula is C10H16F3N3S. The van der Waals surface area contributed by atoms with Gasteiger partial charge in [0, 0.05) is 19.0 Å². The normalized spacial score (nSPS) is 11.8. The van der Waals surface area contributed by atoms with Gasteiger partial charge in [0.25, 0.3) is 0 Å². The maximum absolute atomic E-state index is 12.2. The lowest BCUT2D eigenvalue weighted by atomic mass is 10.4. The predicted octanol–water partition coefficient (Wildman–Crippen LogP) is 2.64. The molecule has 1 N–H and O–H groups in total. The molecule has 0 aliphatic heterocycles. The van der Waals surface area contributed by atoms with E-state index in [2.05, 4.69) is 17.2 Å². The second-order valence-corrected chi connectivity index (χ2v) is 4.61. The first kappa shape index (κ1) is 14.2. The molecule has 1 aromatic heterocycles. The van der Waals surface area contributed by atoms with E-state index in [-0.39, 0.29) is 0 Å². The Labute approximate surface area is 103 Å². The SMILES string of the molecule is CCCNCc1csc(N(C)CC(F)(F)F)n1. The van der Waals surface area contributed by atoms with Crippen molar-refractivity contribution in [1.29, 1.82) is 0 Å². The lowest BCUT2D eigenvalue weighted by Gasteiger charge is -2.17. The number of halogens is 3. The van der Waals surface area contributed by atoms with Crippen LogP contribution in [0.5, 0.6) is 0 Å². The highest BCUT2D eigenvalue weighted by Gasteiger charge is 2.30. The van der Waals surface area contributed by atoms with Gasteiger partial charge in [-0.2, -0.15) is 13.2 Å². The number of aromatic nitrogens is 1. The van der Waals surface area contributed by atoms with Gasteiger partial charge in [0.1, 0.15) is 6.54 Å². The van der Waals surface area contributed by atoms with Crippen LogP contribution < -0.4 is 10.2 Å². The van der Waals surface area contributed by atoms with Gasteiger partial charge in [-0.05, 0) is 13.0 Å². The van der Waals surface area contributed by atoms with Crippen LogP contribution in [0.25, 0.3) is 0 Å². The summed E-state index contributed by atoms with van der Waals surface area (Å²) < 4.78 is 36.5. The Morgan fingerprint density at radius 2 is 2.18 bits per heavy atom. The number of alkyl halides is 3. The Hall–Kier alpha value is -0.820. The van der Waals surface area contributed by atoms with Crippen LogP contribution >= 0.6 is 11.3 Å². The van der Waals surface area contributed by atoms with E-state index in [0.717, 1.165) is 23.6 Å². The highest BCUT2D eigenvalue weighted by Crippen LogP contribution is 2.23. The molecule has 0 saturated heterocycles. The largest absolute Gasteiger partial charge is 0.405 e. The zero-order chi connectivity index (χ0) is 12.9. The monoisotopic (exact) mass is 267 g/mol. The molecule has 0 radical (unpaired) electrons. The third kappa shape index (κ3) is 5.36. The summed E-state index contributed by atoms with van der Waals surface area (Å²) in [6.07, 6.45) is -3.17. The number of hydrogen-bond acceptors (Lipinski definition) is 4. The zero-order valence-electron chi connectivity index (χ0n) is 9.84. The average Bonchev–Trinajstić information content (AvgIpc) is 2.64. The molecule has 17 heavy (non-hydrogen) atoms. The molecule has 0 amide bonds. The van der Waals surface area contributed by atoms with E-state index in [4.69, 9.17) is 0 Å². The fraction of sp³-hybridized carbons (Fsp3) is 0.700. The molecular weight excluding hydrogens is 251 g/mol. The molecule has 0 aromatic carbocycles. The average molecular weight is 267 g/mol. The van der Waals surface area contributed by atoms with Gasteiger partial charge in [0.05, 0.1) is 5.69 Å². The summed E-state index contributed by atoms with van der Waals surface area (Å²) in [6, 6.07) is 0. The van der Waals surface area contributed by atoms with Gasteiger partial charge in [-0.1, -0.05) is 6.92 Å². The van der Waals surface area contributed by atoms with Crippen molar-refractivity contribution in [2.24, 2.45) is 0 Å². The number of anilines is 1. The summed E-state index contributed by atoms with van der Waals surface area (Å²) in [6.45, 7) is 2.56. The lowest BCUT2D eigenvalue weighted by Crippen LogP contribution is -2.30. The van der Waals surface area contributed by atoms with Gasteiger partial charge >= 0.3 is 6.18 Å². The van der Waals surface area contributed by atoms with Crippen LogP contribution in [-0.4, -0.2) is 31.3 Å². The summed E-state index contributed by atoms with van der Waals surface area (Å²) in [4.78, 5) is 5.27. The summed E-state index contributed by atoms with van der Waals surface area (Å²) in [5.74, 6) is 0. The van der Waals surface area contributed by atoms with Crippen molar-refractivity contribution >= 4 is 16.5 Å². The Morgan fingerprint density at radius 3 is 2.76 bits per heavy atom. The molecule has 0 unspecified atom stereocenters. The molecule has 7 heteroatoms. The minimum Gasteiger partial charge on any atom is -0.342 e. The summed E-state index contributed by atoms with van der Waals surface area (Å²) in [7, 11) is 1.40. The van der Waals surface area contributed by atoms with Crippen molar-refractivity contribution in [3.63, 3.8) is 0 Å². The third-order valence-corrected chi connectivity index (χ3v) is 3.02. The first-order chi connectivity index (χ1) is 7.92. The van der Waals surface area contributed by atoms with E-state index >= 15 is 0 Å². The molecule has 1 heterocycles. The van der Waals surface area contributed by atoms with Crippen molar-refractivity contribution in [2.75, 3.05) is 25.0 Å². The predicted molar refractivity (Wildman–Crippen MR) is 63.4 cm³/mol. The summed E-state index contributed by atoms with van der Waals surface area (Å²) >= 11 is 1.23. The van der Waals surface area contributed by atoms with Crippen LogP contribution in [0, 0.1) is 0 Å². The van der Waals surface area contributed by atoms with Crippen molar-refractivity contribution in [3.8, 4) is 0 Å². The molecule has 1 aromatic rings. The Balaban J connectivity index is 2.49. The third-order valence-electron chi connectivity index (χ3n) is 2.02. The van der Waals surface area contributed by atoms with Crippen molar-refractivity contribution in [2.45, 2.75) is 26.1 Å². The summed E-state index contributed by atoms with van der Waals surface area (Å²) in [5.41, 5.74) is 0.785. The molecule has 98 valence electrons. The van der Waals surface area contributed by atoms with Crippen LogP contribution in [-0.2, 0) is 6.54 Å². The standard InChI is InChI=1S/C10H16F3N3S/c1-3-4-14-5-8-6-17-9(15-8)16(2)7-10(11,12)13/h6,14H,3-5,7H2,1-2H3. The zero-order valence-corrected chi connectivity index (χ0v) is 10.7. The van der Waals surface area contributed by atoms with Crippen LogP contribution in [0.4, 0.5) is 18.3 Å². The number of thiazole rings is 1. The quantitative estimate of drug-likeness (QED) is 0.803. The van der Waals surface area contributed by atoms with Gasteiger partial charge < -0.3 is 10.2 Å². The Bertz CT molecular complexity index is 338. The first-order valence-electron chi connectivity index (χ1n) is 5.35. The van der Waals surface area contributed by atoms with Crippen LogP contribution in [0.15, 0.2) is 5.38 Å². The maximum Gasteiger partial charge on any atom is 0.405 e. The van der Waals surface area contributed by atoms with E-state index in [1.165, 1.54) is 18.4 Å². The van der Waals surface area contributed by atoms with E-state index in [9.17, 15) is 13.2 Å². The number of nitrogens with one attached hydrogen (secondary N) is 1. The molecule has 0 atom stereocenters. The minimum absolute atomic E-state index is 0.399. The molecule has 0 aliphatic rings. The molecule has 0 bridgehead atoms. The lowest BCUT2D eigenvalue weighted by molar-refractivity contribution is -0.119. The molecule has 0 saturated carbocycles. The second kappa shape index (κ2) is 6.20. The van der Waals surface area contributed by atoms with Crippen LogP contribution in [0.2, 0.25) is 0 Å². The molecule has 1 rings (SSSR count). The fourth-order valence-electron chi connectivity index (χ4n) is 1.28.